The van der Waals surface area contributed by atoms with Gasteiger partial charge < -0.3 is 30.3 Å². The van der Waals surface area contributed by atoms with Crippen molar-refractivity contribution >= 4 is 29.4 Å². The van der Waals surface area contributed by atoms with Gasteiger partial charge >= 0.3 is 0 Å². The number of ether oxygens (including phenoxy) is 2. The molecule has 1 aliphatic heterocycles. The van der Waals surface area contributed by atoms with E-state index in [1.54, 1.807) is 11.6 Å². The summed E-state index contributed by atoms with van der Waals surface area (Å²) < 4.78 is 13.1. The number of imidazole rings is 1. The van der Waals surface area contributed by atoms with Crippen LogP contribution in [0.3, 0.4) is 0 Å². The van der Waals surface area contributed by atoms with Crippen molar-refractivity contribution in [2.75, 3.05) is 23.8 Å². The third-order valence-corrected chi connectivity index (χ3v) is 8.09. The minimum absolute atomic E-state index is 0.00862. The summed E-state index contributed by atoms with van der Waals surface area (Å²) in [5, 5.41) is 39.9. The van der Waals surface area contributed by atoms with E-state index in [-0.39, 0.29) is 42.7 Å². The molecule has 3 aromatic heterocycles. The van der Waals surface area contributed by atoms with Crippen molar-refractivity contribution in [1.82, 2.24) is 39.7 Å². The highest BCUT2D eigenvalue weighted by molar-refractivity contribution is 5.84. The lowest BCUT2D eigenvalue weighted by atomic mass is 9.91. The van der Waals surface area contributed by atoms with Crippen molar-refractivity contribution < 1.29 is 24.5 Å². The SMILES string of the molecule is CC(C)[C@@H](CO)Nc1nc(NCC(c2ccccc2)c2ccccc2)c2ncn([C@@H]3O[C@H](c4nnn(C)n4)[C@@H](O)[C@H]3OC=O)c2n1. The van der Waals surface area contributed by atoms with Gasteiger partial charge in [0.15, 0.2) is 35.4 Å². The first-order valence-corrected chi connectivity index (χ1v) is 15.0. The van der Waals surface area contributed by atoms with Crippen LogP contribution >= 0.6 is 0 Å². The predicted octanol–water partition coefficient (Wildman–Crippen LogP) is 2.20. The fourth-order valence-electron chi connectivity index (χ4n) is 5.59. The van der Waals surface area contributed by atoms with Crippen LogP contribution in [0.1, 0.15) is 49.0 Å². The van der Waals surface area contributed by atoms with E-state index in [0.717, 1.165) is 11.1 Å². The number of hydrogen-bond acceptors (Lipinski definition) is 13. The van der Waals surface area contributed by atoms with Crippen LogP contribution in [-0.2, 0) is 21.3 Å². The second-order valence-corrected chi connectivity index (χ2v) is 11.4. The highest BCUT2D eigenvalue weighted by Crippen LogP contribution is 2.40. The molecule has 46 heavy (non-hydrogen) atoms. The Morgan fingerprint density at radius 2 is 1.76 bits per heavy atom. The standard InChI is InChI=1S/C31H36N10O5/c1-18(2)22(15-42)34-31-35-27(32-14-21(19-10-6-4-7-11-19)20-12-8-5-9-13-20)23-29(36-31)41(16-33-23)30-26(45-17-43)24(44)25(46-30)28-37-39-40(3)38-28/h4-13,16-18,21-22,24-26,30,42,44H,14-15H2,1-3H3,(H2,32,34,35,36)/t22-,24-,25+,26-,30-/m1/s1. The topological polar surface area (TPSA) is 187 Å². The van der Waals surface area contributed by atoms with Crippen LogP contribution in [-0.4, -0.2) is 87.8 Å². The Hall–Kier alpha value is -4.99. The minimum atomic E-state index is -1.30. The lowest BCUT2D eigenvalue weighted by molar-refractivity contribution is -0.142. The number of aryl methyl sites for hydroxylation is 1. The van der Waals surface area contributed by atoms with E-state index >= 15 is 0 Å². The predicted molar refractivity (Wildman–Crippen MR) is 166 cm³/mol. The Morgan fingerprint density at radius 1 is 1.07 bits per heavy atom. The van der Waals surface area contributed by atoms with Gasteiger partial charge in [0.25, 0.3) is 6.47 Å². The third kappa shape index (κ3) is 6.24. The molecular weight excluding hydrogens is 592 g/mol. The lowest BCUT2D eigenvalue weighted by Crippen LogP contribution is -2.32. The van der Waals surface area contributed by atoms with Gasteiger partial charge in [-0.2, -0.15) is 14.8 Å². The van der Waals surface area contributed by atoms with E-state index in [1.807, 2.05) is 50.2 Å². The molecule has 1 aliphatic rings. The zero-order valence-corrected chi connectivity index (χ0v) is 25.6. The number of fused-ring (bicyclic) bond motifs is 1. The van der Waals surface area contributed by atoms with E-state index in [1.165, 1.54) is 11.1 Å². The molecule has 15 nitrogen and oxygen atoms in total. The Bertz CT molecular complexity index is 1710. The number of nitrogens with zero attached hydrogens (tertiary/aromatic N) is 8. The smallest absolute Gasteiger partial charge is 0.293 e. The Labute approximate surface area is 264 Å². The number of hydrogen-bond donors (Lipinski definition) is 4. The van der Waals surface area contributed by atoms with Crippen LogP contribution in [0.25, 0.3) is 11.2 Å². The molecule has 2 aromatic carbocycles. The largest absolute Gasteiger partial charge is 0.457 e. The molecule has 1 fully saturated rings. The summed E-state index contributed by atoms with van der Waals surface area (Å²) in [6.45, 7) is 4.57. The fraction of sp³-hybridized carbons (Fsp3) is 0.387. The first-order valence-electron chi connectivity index (χ1n) is 15.0. The zero-order chi connectivity index (χ0) is 32.2. The lowest BCUT2D eigenvalue weighted by Gasteiger charge is -2.22. The number of nitrogens with one attached hydrogen (secondary N) is 2. The fourth-order valence-corrected chi connectivity index (χ4v) is 5.59. The van der Waals surface area contributed by atoms with Gasteiger partial charge in [-0.3, -0.25) is 9.36 Å². The summed E-state index contributed by atoms with van der Waals surface area (Å²) in [7, 11) is 1.59. The average Bonchev–Trinajstić information content (AvgIpc) is 3.78. The first kappa shape index (κ1) is 31.0. The number of aromatic nitrogens is 8. The van der Waals surface area contributed by atoms with Gasteiger partial charge in [-0.1, -0.05) is 74.5 Å². The highest BCUT2D eigenvalue weighted by atomic mass is 16.6. The summed E-state index contributed by atoms with van der Waals surface area (Å²) in [5.41, 5.74) is 3.03. The van der Waals surface area contributed by atoms with Crippen molar-refractivity contribution in [3.05, 3.63) is 83.9 Å². The average molecular weight is 629 g/mol. The van der Waals surface area contributed by atoms with Crippen molar-refractivity contribution in [3.8, 4) is 0 Å². The molecule has 0 amide bonds. The van der Waals surface area contributed by atoms with Crippen molar-refractivity contribution in [3.63, 3.8) is 0 Å². The van der Waals surface area contributed by atoms with Gasteiger partial charge in [0.05, 0.1) is 26.0 Å². The van der Waals surface area contributed by atoms with Crippen LogP contribution in [0.5, 0.6) is 0 Å². The van der Waals surface area contributed by atoms with E-state index < -0.39 is 24.5 Å². The molecule has 6 rings (SSSR count). The van der Waals surface area contributed by atoms with Gasteiger partial charge in [-0.15, -0.1) is 10.2 Å². The number of carbonyl (C=O) groups excluding carboxylic acids is 1. The maximum atomic E-state index is 11.5. The number of aliphatic hydroxyl groups excluding tert-OH is 2. The quantitative estimate of drug-likeness (QED) is 0.139. The molecule has 5 aromatic rings. The molecule has 1 saturated heterocycles. The summed E-state index contributed by atoms with van der Waals surface area (Å²) in [5.74, 6) is 0.897. The monoisotopic (exact) mass is 628 g/mol. The second kappa shape index (κ2) is 13.6. The van der Waals surface area contributed by atoms with Crippen LogP contribution in [0, 0.1) is 5.92 Å². The van der Waals surface area contributed by atoms with Gasteiger partial charge in [-0.05, 0) is 22.3 Å². The maximum Gasteiger partial charge on any atom is 0.293 e. The molecule has 0 aliphatic carbocycles. The van der Waals surface area contributed by atoms with Gasteiger partial charge in [0.1, 0.15) is 6.10 Å². The van der Waals surface area contributed by atoms with Crippen LogP contribution in [0.15, 0.2) is 67.0 Å². The maximum absolute atomic E-state index is 11.5. The molecule has 0 unspecified atom stereocenters. The Kier molecular flexibility index (Phi) is 9.14. The van der Waals surface area contributed by atoms with Gasteiger partial charge in [-0.25, -0.2) is 4.98 Å². The molecule has 5 atom stereocenters. The summed E-state index contributed by atoms with van der Waals surface area (Å²) in [6.07, 6.45) is -3.00. The van der Waals surface area contributed by atoms with Crippen molar-refractivity contribution in [2.24, 2.45) is 13.0 Å². The molecule has 4 heterocycles. The van der Waals surface area contributed by atoms with Crippen molar-refractivity contribution in [2.45, 2.75) is 50.3 Å². The minimum Gasteiger partial charge on any atom is -0.457 e. The number of carbonyl (C=O) groups is 1. The van der Waals surface area contributed by atoms with E-state index in [2.05, 4.69) is 55.3 Å². The van der Waals surface area contributed by atoms with E-state index in [4.69, 9.17) is 19.4 Å². The molecular formula is C31H36N10O5. The molecule has 0 bridgehead atoms. The molecule has 0 saturated carbocycles. The Morgan fingerprint density at radius 3 is 2.35 bits per heavy atom. The molecule has 240 valence electrons. The second-order valence-electron chi connectivity index (χ2n) is 11.4. The number of benzene rings is 2. The van der Waals surface area contributed by atoms with Gasteiger partial charge in [0, 0.05) is 12.5 Å². The number of rotatable bonds is 13. The van der Waals surface area contributed by atoms with Crippen LogP contribution in [0.4, 0.5) is 11.8 Å². The van der Waals surface area contributed by atoms with Gasteiger partial charge in [0.2, 0.25) is 11.8 Å². The molecule has 0 spiro atoms. The number of aliphatic hydroxyl groups is 2. The number of tetrazole rings is 1. The molecule has 0 radical (unpaired) electrons. The summed E-state index contributed by atoms with van der Waals surface area (Å²) >= 11 is 0. The molecule has 4 N–H and O–H groups in total. The Balaban J connectivity index is 1.40. The zero-order valence-electron chi connectivity index (χ0n) is 25.6. The number of anilines is 2. The summed E-state index contributed by atoms with van der Waals surface area (Å²) in [4.78, 5) is 26.9. The summed E-state index contributed by atoms with van der Waals surface area (Å²) in [6, 6.07) is 20.0. The third-order valence-electron chi connectivity index (χ3n) is 8.09. The van der Waals surface area contributed by atoms with E-state index in [9.17, 15) is 15.0 Å². The first-order chi connectivity index (χ1) is 22.4. The van der Waals surface area contributed by atoms with Crippen molar-refractivity contribution in [1.29, 1.82) is 0 Å². The molecule has 15 heteroatoms. The highest BCUT2D eigenvalue weighted by Gasteiger charge is 2.49. The van der Waals surface area contributed by atoms with Crippen LogP contribution < -0.4 is 10.6 Å². The normalized spacial score (nSPS) is 20.3. The van der Waals surface area contributed by atoms with Crippen LogP contribution in [0.2, 0.25) is 0 Å². The van der Waals surface area contributed by atoms with E-state index in [0.29, 0.717) is 23.5 Å².